The van der Waals surface area contributed by atoms with Crippen molar-refractivity contribution in [3.63, 3.8) is 0 Å². The molecule has 0 aromatic heterocycles. The highest BCUT2D eigenvalue weighted by Crippen LogP contribution is 2.57. The first-order chi connectivity index (χ1) is 11.1. The van der Waals surface area contributed by atoms with Crippen LogP contribution >= 0.6 is 0 Å². The van der Waals surface area contributed by atoms with Gasteiger partial charge < -0.3 is 14.4 Å². The predicted octanol–water partition coefficient (Wildman–Crippen LogP) is 2.35. The van der Waals surface area contributed by atoms with Gasteiger partial charge in [-0.25, -0.2) is 0 Å². The molecule has 4 heteroatoms. The van der Waals surface area contributed by atoms with Crippen LogP contribution in [0.25, 0.3) is 0 Å². The fourth-order valence-corrected chi connectivity index (χ4v) is 5.02. The Labute approximate surface area is 137 Å². The Hall–Kier alpha value is -1.81. The number of benzene rings is 1. The fourth-order valence-electron chi connectivity index (χ4n) is 5.02. The molecular formula is C19H23NO3. The lowest BCUT2D eigenvalue weighted by Crippen LogP contribution is -2.59. The molecule has 1 aromatic carbocycles. The summed E-state index contributed by atoms with van der Waals surface area (Å²) < 4.78 is 11.3. The first kappa shape index (κ1) is 14.8. The minimum atomic E-state index is -0.142. The average Bonchev–Trinajstić information content (AvgIpc) is 2.56. The lowest BCUT2D eigenvalue weighted by atomic mass is 9.53. The van der Waals surface area contributed by atoms with Crippen molar-refractivity contribution in [1.29, 1.82) is 0 Å². The summed E-state index contributed by atoms with van der Waals surface area (Å²) in [6.45, 7) is 1.02. The van der Waals surface area contributed by atoms with Gasteiger partial charge in [0, 0.05) is 29.4 Å². The van der Waals surface area contributed by atoms with Gasteiger partial charge >= 0.3 is 0 Å². The van der Waals surface area contributed by atoms with Crippen molar-refractivity contribution in [2.75, 3.05) is 27.8 Å². The van der Waals surface area contributed by atoms with Crippen molar-refractivity contribution < 1.29 is 14.3 Å². The molecule has 1 aliphatic heterocycles. The second-order valence-corrected chi connectivity index (χ2v) is 7.02. The summed E-state index contributed by atoms with van der Waals surface area (Å²) in [5, 5.41) is 0. The number of fused-ring (bicyclic) bond motifs is 1. The van der Waals surface area contributed by atoms with Gasteiger partial charge in [0.1, 0.15) is 0 Å². The number of hydrogen-bond donors (Lipinski definition) is 0. The third-order valence-electron chi connectivity index (χ3n) is 6.07. The van der Waals surface area contributed by atoms with Gasteiger partial charge in [0.05, 0.1) is 14.2 Å². The molecule has 1 aromatic rings. The van der Waals surface area contributed by atoms with E-state index in [0.717, 1.165) is 30.9 Å². The molecule has 1 heterocycles. The highest BCUT2D eigenvalue weighted by atomic mass is 16.5. The van der Waals surface area contributed by atoms with Crippen molar-refractivity contribution in [1.82, 2.24) is 4.90 Å². The molecule has 0 spiro atoms. The lowest BCUT2D eigenvalue weighted by Gasteiger charge is -2.56. The summed E-state index contributed by atoms with van der Waals surface area (Å²) in [4.78, 5) is 14.7. The summed E-state index contributed by atoms with van der Waals surface area (Å²) in [7, 11) is 5.57. The summed E-state index contributed by atoms with van der Waals surface area (Å²) in [5.41, 5.74) is 2.38. The number of ether oxygens (including phenoxy) is 2. The van der Waals surface area contributed by atoms with Crippen LogP contribution in [0.5, 0.6) is 11.5 Å². The van der Waals surface area contributed by atoms with Crippen LogP contribution in [0.15, 0.2) is 24.3 Å². The number of likely N-dealkylation sites (tertiary alicyclic amines) is 1. The summed E-state index contributed by atoms with van der Waals surface area (Å²) in [6, 6.07) is 4.60. The first-order valence-corrected chi connectivity index (χ1v) is 8.26. The van der Waals surface area contributed by atoms with E-state index in [4.69, 9.17) is 9.47 Å². The molecule has 0 N–H and O–H groups in total. The van der Waals surface area contributed by atoms with E-state index in [1.54, 1.807) is 20.3 Å². The highest BCUT2D eigenvalue weighted by Gasteiger charge is 2.55. The number of allylic oxidation sites excluding steroid dienone is 1. The quantitative estimate of drug-likeness (QED) is 0.840. The van der Waals surface area contributed by atoms with E-state index in [1.807, 2.05) is 6.07 Å². The van der Waals surface area contributed by atoms with Crippen LogP contribution < -0.4 is 9.47 Å². The number of methoxy groups -OCH3 is 2. The number of carbonyl (C=O) groups is 1. The molecule has 4 rings (SSSR count). The standard InChI is InChI=1S/C19H23NO3/c1-20-9-8-19-11-13(21)5-6-14(19)15(20)10-12-4-7-16(22-2)18(23-3)17(12)19/h4-7,14-15H,8-11H2,1-3H3/t14-,15+,19-/m0/s1. The predicted molar refractivity (Wildman–Crippen MR) is 88.2 cm³/mol. The van der Waals surface area contributed by atoms with Gasteiger partial charge in [-0.3, -0.25) is 4.79 Å². The van der Waals surface area contributed by atoms with Gasteiger partial charge in [0.25, 0.3) is 0 Å². The average molecular weight is 313 g/mol. The van der Waals surface area contributed by atoms with E-state index in [-0.39, 0.29) is 11.2 Å². The molecular weight excluding hydrogens is 290 g/mol. The van der Waals surface area contributed by atoms with Crippen LogP contribution in [0, 0.1) is 5.92 Å². The third kappa shape index (κ3) is 1.91. The van der Waals surface area contributed by atoms with Crippen LogP contribution in [-0.2, 0) is 16.6 Å². The largest absolute Gasteiger partial charge is 0.493 e. The molecule has 3 aliphatic rings. The SMILES string of the molecule is COc1ccc2c(c1OC)[C@]13CCN(C)[C@H](C2)[C@@H]1C=CC(=O)C3. The summed E-state index contributed by atoms with van der Waals surface area (Å²) >= 11 is 0. The number of rotatable bonds is 2. The minimum absolute atomic E-state index is 0.142. The number of ketones is 1. The van der Waals surface area contributed by atoms with Crippen LogP contribution in [0.1, 0.15) is 24.0 Å². The topological polar surface area (TPSA) is 38.8 Å². The molecule has 0 unspecified atom stereocenters. The smallest absolute Gasteiger partial charge is 0.164 e. The second-order valence-electron chi connectivity index (χ2n) is 7.02. The van der Waals surface area contributed by atoms with Crippen molar-refractivity contribution in [3.05, 3.63) is 35.4 Å². The number of nitrogens with zero attached hydrogens (tertiary/aromatic N) is 1. The Morgan fingerprint density at radius 3 is 2.83 bits per heavy atom. The monoisotopic (exact) mass is 313 g/mol. The normalized spacial score (nSPS) is 32.2. The van der Waals surface area contributed by atoms with Crippen LogP contribution in [0.2, 0.25) is 0 Å². The highest BCUT2D eigenvalue weighted by molar-refractivity contribution is 5.92. The minimum Gasteiger partial charge on any atom is -0.493 e. The molecule has 23 heavy (non-hydrogen) atoms. The molecule has 1 saturated heterocycles. The van der Waals surface area contributed by atoms with Gasteiger partial charge in [-0.2, -0.15) is 0 Å². The Morgan fingerprint density at radius 2 is 2.09 bits per heavy atom. The zero-order valence-electron chi connectivity index (χ0n) is 14.0. The number of piperidine rings is 1. The van der Waals surface area contributed by atoms with Gasteiger partial charge in [-0.15, -0.1) is 0 Å². The van der Waals surface area contributed by atoms with Crippen molar-refractivity contribution >= 4 is 5.78 Å². The van der Waals surface area contributed by atoms with Crippen LogP contribution in [0.3, 0.4) is 0 Å². The number of carbonyl (C=O) groups excluding carboxylic acids is 1. The summed E-state index contributed by atoms with van der Waals surface area (Å²) in [6.07, 6.45) is 6.49. The Morgan fingerprint density at radius 1 is 1.26 bits per heavy atom. The van der Waals surface area contributed by atoms with E-state index in [9.17, 15) is 4.79 Å². The molecule has 122 valence electrons. The molecule has 2 aliphatic carbocycles. The van der Waals surface area contributed by atoms with Crippen molar-refractivity contribution in [3.8, 4) is 11.5 Å². The summed E-state index contributed by atoms with van der Waals surface area (Å²) in [5.74, 6) is 2.18. The molecule has 3 atom stereocenters. The lowest BCUT2D eigenvalue weighted by molar-refractivity contribution is -0.118. The van der Waals surface area contributed by atoms with E-state index >= 15 is 0 Å². The third-order valence-corrected chi connectivity index (χ3v) is 6.07. The Kier molecular flexibility index (Phi) is 3.27. The van der Waals surface area contributed by atoms with E-state index in [0.29, 0.717) is 18.4 Å². The first-order valence-electron chi connectivity index (χ1n) is 8.26. The molecule has 0 radical (unpaired) electrons. The van der Waals surface area contributed by atoms with E-state index in [2.05, 4.69) is 24.1 Å². The van der Waals surface area contributed by atoms with E-state index < -0.39 is 0 Å². The maximum atomic E-state index is 12.3. The van der Waals surface area contributed by atoms with Gasteiger partial charge in [0.15, 0.2) is 17.3 Å². The Bertz CT molecular complexity index is 696. The van der Waals surface area contributed by atoms with Gasteiger partial charge in [0.2, 0.25) is 0 Å². The maximum absolute atomic E-state index is 12.3. The zero-order chi connectivity index (χ0) is 16.2. The second kappa shape index (κ2) is 5.10. The van der Waals surface area contributed by atoms with E-state index in [1.165, 1.54) is 11.1 Å². The van der Waals surface area contributed by atoms with Crippen molar-refractivity contribution in [2.45, 2.75) is 30.7 Å². The molecule has 0 amide bonds. The number of likely N-dealkylation sites (N-methyl/N-ethyl adjacent to an activating group) is 1. The number of hydrogen-bond acceptors (Lipinski definition) is 4. The van der Waals surface area contributed by atoms with Gasteiger partial charge in [-0.1, -0.05) is 12.1 Å². The molecule has 1 fully saturated rings. The van der Waals surface area contributed by atoms with Crippen LogP contribution in [0.4, 0.5) is 0 Å². The maximum Gasteiger partial charge on any atom is 0.164 e. The van der Waals surface area contributed by atoms with Crippen molar-refractivity contribution in [2.24, 2.45) is 5.92 Å². The molecule has 4 nitrogen and oxygen atoms in total. The molecule has 2 bridgehead atoms. The zero-order valence-corrected chi connectivity index (χ0v) is 14.0. The fraction of sp³-hybridized carbons (Fsp3) is 0.526. The Balaban J connectivity index is 2.00. The molecule has 0 saturated carbocycles. The van der Waals surface area contributed by atoms with Gasteiger partial charge in [-0.05, 0) is 44.1 Å². The van der Waals surface area contributed by atoms with Crippen LogP contribution in [-0.4, -0.2) is 44.5 Å².